The van der Waals surface area contributed by atoms with Crippen LogP contribution in [0.15, 0.2) is 58.3 Å². The van der Waals surface area contributed by atoms with Gasteiger partial charge in [0.15, 0.2) is 16.7 Å². The number of amides is 1. The van der Waals surface area contributed by atoms with Crippen LogP contribution in [0.5, 0.6) is 0 Å². The number of hydrogen-bond acceptors (Lipinski definition) is 6. The first-order valence-corrected chi connectivity index (χ1v) is 8.29. The molecular formula is C16H14N4O4S. The highest BCUT2D eigenvalue weighted by Crippen LogP contribution is 2.22. The van der Waals surface area contributed by atoms with Crippen LogP contribution in [0.4, 0.5) is 0 Å². The Morgan fingerprint density at radius 3 is 2.64 bits per heavy atom. The predicted molar refractivity (Wildman–Crippen MR) is 89.6 cm³/mol. The van der Waals surface area contributed by atoms with Crippen molar-refractivity contribution in [3.63, 3.8) is 0 Å². The van der Waals surface area contributed by atoms with Gasteiger partial charge in [-0.25, -0.2) is 0 Å². The van der Waals surface area contributed by atoms with E-state index < -0.39 is 5.97 Å². The standard InChI is InChI=1S/C16H14N4O4S/c21-14(22)10-25-16-19-18-13(20(16)11-5-2-1-3-6-11)9-17-15(23)12-7-4-8-24-12/h1-8H,9-10H2,(H,17,23)(H,21,22). The lowest BCUT2D eigenvalue weighted by molar-refractivity contribution is -0.133. The maximum Gasteiger partial charge on any atom is 0.313 e. The maximum absolute atomic E-state index is 12.0. The highest BCUT2D eigenvalue weighted by Gasteiger charge is 2.17. The zero-order valence-electron chi connectivity index (χ0n) is 13.0. The summed E-state index contributed by atoms with van der Waals surface area (Å²) in [5, 5.41) is 20.1. The summed E-state index contributed by atoms with van der Waals surface area (Å²) in [5.74, 6) is -0.762. The van der Waals surface area contributed by atoms with E-state index >= 15 is 0 Å². The van der Waals surface area contributed by atoms with Crippen molar-refractivity contribution in [2.24, 2.45) is 0 Å². The zero-order valence-corrected chi connectivity index (χ0v) is 13.8. The van der Waals surface area contributed by atoms with E-state index in [-0.39, 0.29) is 24.0 Å². The van der Waals surface area contributed by atoms with Gasteiger partial charge in [0.2, 0.25) is 0 Å². The molecule has 0 atom stereocenters. The maximum atomic E-state index is 12.0. The lowest BCUT2D eigenvalue weighted by atomic mass is 10.3. The molecule has 3 aromatic rings. The van der Waals surface area contributed by atoms with Crippen LogP contribution >= 0.6 is 11.8 Å². The van der Waals surface area contributed by atoms with Gasteiger partial charge in [-0.15, -0.1) is 10.2 Å². The van der Waals surface area contributed by atoms with Gasteiger partial charge in [0.25, 0.3) is 5.91 Å². The number of aromatic nitrogens is 3. The van der Waals surface area contributed by atoms with E-state index in [0.29, 0.717) is 11.0 Å². The van der Waals surface area contributed by atoms with E-state index in [1.807, 2.05) is 30.3 Å². The number of aliphatic carboxylic acids is 1. The van der Waals surface area contributed by atoms with Gasteiger partial charge in [0.05, 0.1) is 18.6 Å². The Morgan fingerprint density at radius 1 is 1.16 bits per heavy atom. The molecule has 0 spiro atoms. The number of hydrogen-bond donors (Lipinski definition) is 2. The number of thioether (sulfide) groups is 1. The van der Waals surface area contributed by atoms with Crippen molar-refractivity contribution in [3.05, 3.63) is 60.3 Å². The number of para-hydroxylation sites is 1. The minimum absolute atomic E-state index is 0.120. The van der Waals surface area contributed by atoms with Gasteiger partial charge in [-0.2, -0.15) is 0 Å². The Morgan fingerprint density at radius 2 is 1.96 bits per heavy atom. The minimum Gasteiger partial charge on any atom is -0.481 e. The van der Waals surface area contributed by atoms with Crippen molar-refractivity contribution in [2.75, 3.05) is 5.75 Å². The summed E-state index contributed by atoms with van der Waals surface area (Å²) in [4.78, 5) is 22.8. The Bertz CT molecular complexity index is 862. The number of carbonyl (C=O) groups is 2. The first-order chi connectivity index (χ1) is 12.1. The van der Waals surface area contributed by atoms with E-state index in [9.17, 15) is 9.59 Å². The second kappa shape index (κ2) is 7.67. The number of benzene rings is 1. The third kappa shape index (κ3) is 4.07. The van der Waals surface area contributed by atoms with E-state index in [1.165, 1.54) is 6.26 Å². The van der Waals surface area contributed by atoms with E-state index in [1.54, 1.807) is 16.7 Å². The summed E-state index contributed by atoms with van der Waals surface area (Å²) < 4.78 is 6.76. The van der Waals surface area contributed by atoms with Crippen LogP contribution < -0.4 is 5.32 Å². The Hall–Kier alpha value is -3.07. The van der Waals surface area contributed by atoms with Crippen molar-refractivity contribution in [2.45, 2.75) is 11.7 Å². The molecule has 0 aliphatic carbocycles. The van der Waals surface area contributed by atoms with Gasteiger partial charge in [-0.1, -0.05) is 30.0 Å². The smallest absolute Gasteiger partial charge is 0.313 e. The lowest BCUT2D eigenvalue weighted by Gasteiger charge is -2.10. The topological polar surface area (TPSA) is 110 Å². The molecule has 0 aliphatic heterocycles. The van der Waals surface area contributed by atoms with Crippen LogP contribution in [0, 0.1) is 0 Å². The Labute approximate surface area is 146 Å². The molecule has 2 heterocycles. The van der Waals surface area contributed by atoms with Gasteiger partial charge < -0.3 is 14.8 Å². The number of rotatable bonds is 7. The van der Waals surface area contributed by atoms with Gasteiger partial charge in [-0.05, 0) is 24.3 Å². The number of nitrogens with zero attached hydrogens (tertiary/aromatic N) is 3. The molecule has 0 saturated heterocycles. The van der Waals surface area contributed by atoms with Crippen molar-refractivity contribution >= 4 is 23.6 Å². The lowest BCUT2D eigenvalue weighted by Crippen LogP contribution is -2.24. The highest BCUT2D eigenvalue weighted by molar-refractivity contribution is 7.99. The van der Waals surface area contributed by atoms with Gasteiger partial charge in [0, 0.05) is 5.69 Å². The highest BCUT2D eigenvalue weighted by atomic mass is 32.2. The van der Waals surface area contributed by atoms with Crippen molar-refractivity contribution in [1.82, 2.24) is 20.1 Å². The fraction of sp³-hybridized carbons (Fsp3) is 0.125. The van der Waals surface area contributed by atoms with E-state index in [0.717, 1.165) is 17.4 Å². The fourth-order valence-corrected chi connectivity index (χ4v) is 2.82. The Kier molecular flexibility index (Phi) is 5.14. The largest absolute Gasteiger partial charge is 0.481 e. The predicted octanol–water partition coefficient (Wildman–Crippen LogP) is 1.97. The average molecular weight is 358 g/mol. The molecule has 3 rings (SSSR count). The van der Waals surface area contributed by atoms with Crippen molar-refractivity contribution < 1.29 is 19.1 Å². The number of carboxylic acid groups (broad SMARTS) is 1. The van der Waals surface area contributed by atoms with Gasteiger partial charge >= 0.3 is 5.97 Å². The molecule has 0 aliphatic rings. The first-order valence-electron chi connectivity index (χ1n) is 7.31. The monoisotopic (exact) mass is 358 g/mol. The molecule has 0 bridgehead atoms. The molecule has 1 amide bonds. The summed E-state index contributed by atoms with van der Waals surface area (Å²) in [6.07, 6.45) is 1.42. The van der Waals surface area contributed by atoms with E-state index in [2.05, 4.69) is 15.5 Å². The van der Waals surface area contributed by atoms with Crippen LogP contribution in [0.1, 0.15) is 16.4 Å². The normalized spacial score (nSPS) is 10.6. The van der Waals surface area contributed by atoms with E-state index in [4.69, 9.17) is 9.52 Å². The molecule has 25 heavy (non-hydrogen) atoms. The first kappa shape index (κ1) is 16.8. The van der Waals surface area contributed by atoms with Crippen LogP contribution in [-0.2, 0) is 11.3 Å². The third-order valence-electron chi connectivity index (χ3n) is 3.19. The van der Waals surface area contributed by atoms with Crippen LogP contribution in [0.2, 0.25) is 0 Å². The second-order valence-electron chi connectivity index (χ2n) is 4.91. The molecule has 9 heteroatoms. The van der Waals surface area contributed by atoms with Crippen LogP contribution in [0.25, 0.3) is 5.69 Å². The molecule has 0 radical (unpaired) electrons. The van der Waals surface area contributed by atoms with Crippen molar-refractivity contribution in [3.8, 4) is 5.69 Å². The Balaban J connectivity index is 1.83. The van der Waals surface area contributed by atoms with Gasteiger partial charge in [0.1, 0.15) is 0 Å². The molecule has 2 aromatic heterocycles. The molecule has 128 valence electrons. The number of furan rings is 1. The summed E-state index contributed by atoms with van der Waals surface area (Å²) >= 11 is 1.06. The summed E-state index contributed by atoms with van der Waals surface area (Å²) in [7, 11) is 0. The fourth-order valence-electron chi connectivity index (χ4n) is 2.13. The molecule has 8 nitrogen and oxygen atoms in total. The van der Waals surface area contributed by atoms with Crippen LogP contribution in [-0.4, -0.2) is 37.5 Å². The summed E-state index contributed by atoms with van der Waals surface area (Å²) in [5.41, 5.74) is 0.780. The molecule has 1 aromatic carbocycles. The average Bonchev–Trinajstić information content (AvgIpc) is 3.28. The molecule has 0 saturated carbocycles. The molecular weight excluding hydrogens is 344 g/mol. The number of carboxylic acids is 1. The SMILES string of the molecule is O=C(O)CSc1nnc(CNC(=O)c2ccco2)n1-c1ccccc1. The van der Waals surface area contributed by atoms with Crippen molar-refractivity contribution in [1.29, 1.82) is 0 Å². The summed E-state index contributed by atoms with van der Waals surface area (Å²) in [6, 6.07) is 12.5. The molecule has 0 fully saturated rings. The third-order valence-corrected chi connectivity index (χ3v) is 4.11. The van der Waals surface area contributed by atoms with Gasteiger partial charge in [-0.3, -0.25) is 14.2 Å². The minimum atomic E-state index is -0.944. The summed E-state index contributed by atoms with van der Waals surface area (Å²) in [6.45, 7) is 0.120. The molecule has 0 unspecified atom stereocenters. The quantitative estimate of drug-likeness (QED) is 0.621. The van der Waals surface area contributed by atoms with Crippen LogP contribution in [0.3, 0.4) is 0 Å². The second-order valence-corrected chi connectivity index (χ2v) is 5.85. The number of nitrogens with one attached hydrogen (secondary N) is 1. The zero-order chi connectivity index (χ0) is 17.6. The number of carbonyl (C=O) groups excluding carboxylic acids is 1. The molecule has 2 N–H and O–H groups in total.